The van der Waals surface area contributed by atoms with E-state index in [0.29, 0.717) is 22.5 Å². The molecule has 2 amide bonds. The van der Waals surface area contributed by atoms with E-state index < -0.39 is 0 Å². The van der Waals surface area contributed by atoms with E-state index in [-0.39, 0.29) is 17.6 Å². The molecule has 5 nitrogen and oxygen atoms in total. The van der Waals surface area contributed by atoms with Crippen LogP contribution in [0.2, 0.25) is 0 Å². The third-order valence-electron chi connectivity index (χ3n) is 5.50. The van der Waals surface area contributed by atoms with Crippen LogP contribution in [0.15, 0.2) is 93.8 Å². The first kappa shape index (κ1) is 21.0. The number of furan rings is 1. The van der Waals surface area contributed by atoms with Gasteiger partial charge in [0.25, 0.3) is 11.8 Å². The van der Waals surface area contributed by atoms with Gasteiger partial charge in [0.15, 0.2) is 5.76 Å². The maximum Gasteiger partial charge on any atom is 0.291 e. The molecule has 5 rings (SSSR count). The molecule has 0 unspecified atom stereocenters. The molecule has 33 heavy (non-hydrogen) atoms. The Morgan fingerprint density at radius 2 is 1.58 bits per heavy atom. The molecule has 0 saturated heterocycles. The van der Waals surface area contributed by atoms with Crippen LogP contribution in [0, 0.1) is 6.92 Å². The first-order valence-corrected chi connectivity index (χ1v) is 11.2. The Morgan fingerprint density at radius 1 is 0.788 bits per heavy atom. The van der Waals surface area contributed by atoms with Gasteiger partial charge in [-0.1, -0.05) is 58.4 Å². The largest absolute Gasteiger partial charge is 0.451 e. The van der Waals surface area contributed by atoms with E-state index in [1.807, 2.05) is 67.6 Å². The Bertz CT molecular complexity index is 1500. The second-order valence-electron chi connectivity index (χ2n) is 7.73. The molecule has 1 heterocycles. The Labute approximate surface area is 198 Å². The van der Waals surface area contributed by atoms with Gasteiger partial charge in [-0.05, 0) is 65.7 Å². The summed E-state index contributed by atoms with van der Waals surface area (Å²) in [5, 5.41) is 8.56. The number of hydrogen-bond acceptors (Lipinski definition) is 3. The van der Waals surface area contributed by atoms with Crippen LogP contribution in [0.5, 0.6) is 0 Å². The second kappa shape index (κ2) is 8.56. The fraction of sp³-hybridized carbons (Fsp3) is 0.0370. The maximum atomic E-state index is 13.0. The van der Waals surface area contributed by atoms with E-state index in [1.165, 1.54) is 0 Å². The minimum Gasteiger partial charge on any atom is -0.451 e. The maximum absolute atomic E-state index is 13.0. The number of para-hydroxylation sites is 1. The van der Waals surface area contributed by atoms with Crippen molar-refractivity contribution in [3.63, 3.8) is 0 Å². The van der Waals surface area contributed by atoms with Crippen LogP contribution >= 0.6 is 15.9 Å². The normalized spacial score (nSPS) is 11.0. The van der Waals surface area contributed by atoms with Crippen LogP contribution in [-0.2, 0) is 0 Å². The molecule has 0 bridgehead atoms. The number of anilines is 2. The Kier molecular flexibility index (Phi) is 5.44. The summed E-state index contributed by atoms with van der Waals surface area (Å²) >= 11 is 3.54. The monoisotopic (exact) mass is 498 g/mol. The van der Waals surface area contributed by atoms with E-state index in [2.05, 4.69) is 26.6 Å². The predicted octanol–water partition coefficient (Wildman–Crippen LogP) is 7.16. The SMILES string of the molecule is Cc1cc(NC(=O)c2cccc3c(Br)cccc23)ccc1NC(=O)c1cc2ccccc2o1. The van der Waals surface area contributed by atoms with Gasteiger partial charge < -0.3 is 15.1 Å². The molecule has 0 spiro atoms. The van der Waals surface area contributed by atoms with Gasteiger partial charge in [-0.2, -0.15) is 0 Å². The molecule has 0 aliphatic rings. The number of nitrogens with one attached hydrogen (secondary N) is 2. The summed E-state index contributed by atoms with van der Waals surface area (Å²) in [5.41, 5.74) is 3.36. The number of amides is 2. The molecule has 5 aromatic rings. The number of carbonyl (C=O) groups excluding carboxylic acids is 2. The summed E-state index contributed by atoms with van der Waals surface area (Å²) in [6, 6.07) is 26.0. The zero-order chi connectivity index (χ0) is 22.9. The van der Waals surface area contributed by atoms with E-state index >= 15 is 0 Å². The number of fused-ring (bicyclic) bond motifs is 2. The molecule has 0 saturated carbocycles. The lowest BCUT2D eigenvalue weighted by Crippen LogP contribution is -2.14. The van der Waals surface area contributed by atoms with Gasteiger partial charge in [-0.3, -0.25) is 9.59 Å². The highest BCUT2D eigenvalue weighted by Gasteiger charge is 2.15. The summed E-state index contributed by atoms with van der Waals surface area (Å²) in [6.45, 7) is 1.87. The summed E-state index contributed by atoms with van der Waals surface area (Å²) in [7, 11) is 0. The van der Waals surface area contributed by atoms with Crippen LogP contribution in [0.25, 0.3) is 21.7 Å². The minimum absolute atomic E-state index is 0.197. The fourth-order valence-corrected chi connectivity index (χ4v) is 4.33. The number of aryl methyl sites for hydroxylation is 1. The number of carbonyl (C=O) groups is 2. The summed E-state index contributed by atoms with van der Waals surface area (Å²) in [5.74, 6) is -0.278. The van der Waals surface area contributed by atoms with Crippen molar-refractivity contribution in [1.82, 2.24) is 0 Å². The smallest absolute Gasteiger partial charge is 0.291 e. The van der Waals surface area contributed by atoms with Gasteiger partial charge in [0.1, 0.15) is 5.58 Å². The highest BCUT2D eigenvalue weighted by molar-refractivity contribution is 9.10. The van der Waals surface area contributed by atoms with Crippen LogP contribution in [0.4, 0.5) is 11.4 Å². The zero-order valence-corrected chi connectivity index (χ0v) is 19.3. The van der Waals surface area contributed by atoms with Gasteiger partial charge in [-0.15, -0.1) is 0 Å². The molecule has 0 aliphatic heterocycles. The second-order valence-corrected chi connectivity index (χ2v) is 8.58. The summed E-state index contributed by atoms with van der Waals surface area (Å²) in [6.07, 6.45) is 0. The zero-order valence-electron chi connectivity index (χ0n) is 17.7. The fourth-order valence-electron chi connectivity index (χ4n) is 3.83. The van der Waals surface area contributed by atoms with Crippen molar-refractivity contribution >= 4 is 60.9 Å². The number of halogens is 1. The van der Waals surface area contributed by atoms with Crippen molar-refractivity contribution in [2.75, 3.05) is 10.6 Å². The highest BCUT2D eigenvalue weighted by Crippen LogP contribution is 2.28. The third kappa shape index (κ3) is 4.13. The molecular weight excluding hydrogens is 480 g/mol. The Hall–Kier alpha value is -3.90. The molecule has 0 fully saturated rings. The number of rotatable bonds is 4. The van der Waals surface area contributed by atoms with Crippen LogP contribution < -0.4 is 10.6 Å². The van der Waals surface area contributed by atoms with E-state index in [1.54, 1.807) is 24.3 Å². The lowest BCUT2D eigenvalue weighted by atomic mass is 10.0. The average molecular weight is 499 g/mol. The summed E-state index contributed by atoms with van der Waals surface area (Å²) < 4.78 is 6.58. The molecule has 0 atom stereocenters. The molecule has 0 aliphatic carbocycles. The molecular formula is C27H19BrN2O3. The topological polar surface area (TPSA) is 71.3 Å². The number of hydrogen-bond donors (Lipinski definition) is 2. The van der Waals surface area contributed by atoms with Crippen LogP contribution in [-0.4, -0.2) is 11.8 Å². The van der Waals surface area contributed by atoms with E-state index in [9.17, 15) is 9.59 Å². The molecule has 4 aromatic carbocycles. The van der Waals surface area contributed by atoms with Crippen molar-refractivity contribution in [2.24, 2.45) is 0 Å². The first-order valence-electron chi connectivity index (χ1n) is 10.4. The van der Waals surface area contributed by atoms with Crippen LogP contribution in [0.3, 0.4) is 0 Å². The minimum atomic E-state index is -0.326. The lowest BCUT2D eigenvalue weighted by Gasteiger charge is -2.12. The number of benzene rings is 4. The van der Waals surface area contributed by atoms with Gasteiger partial charge in [0.2, 0.25) is 0 Å². The Balaban J connectivity index is 1.34. The van der Waals surface area contributed by atoms with Crippen LogP contribution in [0.1, 0.15) is 26.5 Å². The summed E-state index contributed by atoms with van der Waals surface area (Å²) in [4.78, 5) is 25.6. The first-order chi connectivity index (χ1) is 16.0. The van der Waals surface area contributed by atoms with Gasteiger partial charge in [0, 0.05) is 26.8 Å². The Morgan fingerprint density at radius 3 is 2.39 bits per heavy atom. The van der Waals surface area contributed by atoms with Crippen molar-refractivity contribution in [3.8, 4) is 0 Å². The highest BCUT2D eigenvalue weighted by atomic mass is 79.9. The molecule has 162 valence electrons. The standard InChI is InChI=1S/C27H19BrN2O3/c1-16-14-18(29-26(31)21-9-4-8-20-19(21)7-5-10-22(20)28)12-13-23(16)30-27(32)25-15-17-6-2-3-11-24(17)33-25/h2-15H,1H3,(H,29,31)(H,30,32). The third-order valence-corrected chi connectivity index (χ3v) is 6.19. The van der Waals surface area contributed by atoms with Crippen molar-refractivity contribution < 1.29 is 14.0 Å². The van der Waals surface area contributed by atoms with Gasteiger partial charge in [-0.25, -0.2) is 0 Å². The van der Waals surface area contributed by atoms with Gasteiger partial charge in [0.05, 0.1) is 0 Å². The predicted molar refractivity (Wildman–Crippen MR) is 135 cm³/mol. The van der Waals surface area contributed by atoms with Crippen molar-refractivity contribution in [1.29, 1.82) is 0 Å². The lowest BCUT2D eigenvalue weighted by molar-refractivity contribution is 0.0996. The molecule has 2 N–H and O–H groups in total. The average Bonchev–Trinajstić information content (AvgIpc) is 3.25. The van der Waals surface area contributed by atoms with Crippen molar-refractivity contribution in [2.45, 2.75) is 6.92 Å². The molecule has 1 aromatic heterocycles. The van der Waals surface area contributed by atoms with E-state index in [4.69, 9.17) is 4.42 Å². The van der Waals surface area contributed by atoms with E-state index in [0.717, 1.165) is 26.2 Å². The van der Waals surface area contributed by atoms with Crippen molar-refractivity contribution in [3.05, 3.63) is 106 Å². The molecule has 0 radical (unpaired) electrons. The molecule has 6 heteroatoms. The van der Waals surface area contributed by atoms with Gasteiger partial charge >= 0.3 is 0 Å². The quantitative estimate of drug-likeness (QED) is 0.276.